The number of rotatable bonds is 2. The van der Waals surface area contributed by atoms with Crippen molar-refractivity contribution in [2.24, 2.45) is 0 Å². The molecule has 0 aliphatic heterocycles. The van der Waals surface area contributed by atoms with Crippen LogP contribution in [0.2, 0.25) is 0 Å². The summed E-state index contributed by atoms with van der Waals surface area (Å²) in [5, 5.41) is 0. The third-order valence-corrected chi connectivity index (χ3v) is 1.14. The fourth-order valence-electron chi connectivity index (χ4n) is 0.709. The molecule has 0 spiro atoms. The van der Waals surface area contributed by atoms with Crippen LogP contribution >= 0.6 is 0 Å². The van der Waals surface area contributed by atoms with Crippen LogP contribution < -0.4 is 0 Å². The Morgan fingerprint density at radius 3 is 2.90 bits per heavy atom. The predicted molar refractivity (Wildman–Crippen MR) is 38.5 cm³/mol. The van der Waals surface area contributed by atoms with Crippen LogP contribution in [-0.4, -0.2) is 0 Å². The maximum absolute atomic E-state index is 5.12. The first-order chi connectivity index (χ1) is 4.43. The molecule has 1 aliphatic carbocycles. The van der Waals surface area contributed by atoms with Crippen LogP contribution in [0.15, 0.2) is 36.0 Å². The van der Waals surface area contributed by atoms with Gasteiger partial charge in [-0.05, 0) is 6.42 Å². The Kier molecular flexibility index (Phi) is 5.86. The molecule has 0 aromatic carbocycles. The van der Waals surface area contributed by atoms with Gasteiger partial charge >= 0.3 is 0 Å². The minimum Gasteiger partial charge on any atom is -0.361 e. The first kappa shape index (κ1) is 10.1. The van der Waals surface area contributed by atoms with Crippen molar-refractivity contribution < 1.29 is 32.7 Å². The van der Waals surface area contributed by atoms with Gasteiger partial charge in [-0.3, -0.25) is 6.08 Å². The van der Waals surface area contributed by atoms with E-state index in [1.54, 1.807) is 6.08 Å². The minimum atomic E-state index is 0. The molecular weight excluding hydrogens is 197 g/mol. The smallest absolute Gasteiger partial charge is 0 e. The second kappa shape index (κ2) is 5.82. The van der Waals surface area contributed by atoms with Crippen LogP contribution in [0.5, 0.6) is 0 Å². The van der Waals surface area contributed by atoms with Crippen LogP contribution in [0.25, 0.3) is 0 Å². The zero-order chi connectivity index (χ0) is 6.53. The molecule has 0 saturated heterocycles. The topological polar surface area (TPSA) is 0 Å². The first-order valence-corrected chi connectivity index (χ1v) is 2.92. The van der Waals surface area contributed by atoms with Gasteiger partial charge in [0.2, 0.25) is 0 Å². The number of hydrogen-bond acceptors (Lipinski definition) is 0. The molecule has 0 atom stereocenters. The Bertz CT molecular complexity index is 185. The van der Waals surface area contributed by atoms with E-state index < -0.39 is 0 Å². The van der Waals surface area contributed by atoms with E-state index in [1.807, 2.05) is 12.2 Å². The molecule has 49 valence electrons. The zero-order valence-corrected chi connectivity index (χ0v) is 8.59. The monoisotopic (exact) mass is 205 g/mol. The molecule has 1 rings (SSSR count). The average molecular weight is 205 g/mol. The van der Waals surface area contributed by atoms with Gasteiger partial charge in [0, 0.05) is 32.7 Å². The van der Waals surface area contributed by atoms with Gasteiger partial charge in [-0.25, -0.2) is 0 Å². The maximum Gasteiger partial charge on any atom is 0 e. The largest absolute Gasteiger partial charge is 0.361 e. The Labute approximate surface area is 87.3 Å². The van der Waals surface area contributed by atoms with Gasteiger partial charge in [0.05, 0.1) is 0 Å². The van der Waals surface area contributed by atoms with Crippen molar-refractivity contribution in [3.63, 3.8) is 0 Å². The van der Waals surface area contributed by atoms with E-state index in [0.717, 1.165) is 6.42 Å². The van der Waals surface area contributed by atoms with E-state index in [-0.39, 0.29) is 32.7 Å². The van der Waals surface area contributed by atoms with Crippen molar-refractivity contribution in [1.82, 2.24) is 0 Å². The summed E-state index contributed by atoms with van der Waals surface area (Å²) in [4.78, 5) is 0. The molecule has 0 unspecified atom stereocenters. The molecule has 10 heavy (non-hydrogen) atoms. The zero-order valence-electron chi connectivity index (χ0n) is 5.75. The van der Waals surface area contributed by atoms with Crippen molar-refractivity contribution in [3.05, 3.63) is 48.6 Å². The standard InChI is InChI=1S/C9H8.Y/c1-2-3-6-9-7-4-5-8-9;/h1-5,7H,8H2;/q-2;. The van der Waals surface area contributed by atoms with Crippen molar-refractivity contribution >= 4 is 0 Å². The summed E-state index contributed by atoms with van der Waals surface area (Å²) in [6.45, 7) is 5.12. The van der Waals surface area contributed by atoms with Gasteiger partial charge in [0.25, 0.3) is 0 Å². The van der Waals surface area contributed by atoms with Gasteiger partial charge in [0.15, 0.2) is 0 Å². The summed E-state index contributed by atoms with van der Waals surface area (Å²) < 4.78 is 0. The van der Waals surface area contributed by atoms with Crippen LogP contribution in [0.1, 0.15) is 6.42 Å². The maximum atomic E-state index is 5.12. The SMILES string of the molecule is [CH-]=CC=[C-]C1=CC=CC1.[Y]. The Morgan fingerprint density at radius 2 is 2.40 bits per heavy atom. The van der Waals surface area contributed by atoms with E-state index in [9.17, 15) is 0 Å². The van der Waals surface area contributed by atoms with Gasteiger partial charge in [0.1, 0.15) is 0 Å². The van der Waals surface area contributed by atoms with E-state index in [1.165, 1.54) is 11.6 Å². The van der Waals surface area contributed by atoms with Crippen molar-refractivity contribution in [3.8, 4) is 0 Å². The van der Waals surface area contributed by atoms with Crippen LogP contribution in [0.3, 0.4) is 0 Å². The summed E-state index contributed by atoms with van der Waals surface area (Å²) in [5.41, 5.74) is 1.19. The molecule has 0 fully saturated rings. The molecule has 1 aliphatic rings. The average Bonchev–Trinajstić information content (AvgIpc) is 2.34. The number of hydrogen-bond donors (Lipinski definition) is 0. The van der Waals surface area contributed by atoms with Crippen LogP contribution in [0, 0.1) is 12.7 Å². The molecule has 0 saturated carbocycles. The fourth-order valence-corrected chi connectivity index (χ4v) is 0.709. The summed E-state index contributed by atoms with van der Waals surface area (Å²) in [6, 6.07) is 0. The quantitative estimate of drug-likeness (QED) is 0.479. The minimum absolute atomic E-state index is 0. The summed E-state index contributed by atoms with van der Waals surface area (Å²) in [7, 11) is 0. The second-order valence-corrected chi connectivity index (χ2v) is 1.83. The molecule has 0 nitrogen and oxygen atoms in total. The molecule has 0 bridgehead atoms. The first-order valence-electron chi connectivity index (χ1n) is 2.92. The molecule has 0 heterocycles. The van der Waals surface area contributed by atoms with Crippen molar-refractivity contribution in [1.29, 1.82) is 0 Å². The molecule has 1 heteroatoms. The Morgan fingerprint density at radius 1 is 1.60 bits per heavy atom. The summed E-state index contributed by atoms with van der Waals surface area (Å²) >= 11 is 0. The molecular formula is C9H8Y-2. The second-order valence-electron chi connectivity index (χ2n) is 1.83. The van der Waals surface area contributed by atoms with Gasteiger partial charge in [-0.2, -0.15) is 11.6 Å². The van der Waals surface area contributed by atoms with E-state index in [2.05, 4.69) is 12.2 Å². The third-order valence-electron chi connectivity index (χ3n) is 1.14. The third kappa shape index (κ3) is 3.29. The molecule has 0 aromatic heterocycles. The van der Waals surface area contributed by atoms with Crippen molar-refractivity contribution in [2.75, 3.05) is 0 Å². The Hall–Kier alpha value is 0.0639. The summed E-state index contributed by atoms with van der Waals surface area (Å²) in [5.74, 6) is 0. The van der Waals surface area contributed by atoms with Crippen molar-refractivity contribution in [2.45, 2.75) is 6.42 Å². The van der Waals surface area contributed by atoms with Crippen LogP contribution in [0.4, 0.5) is 0 Å². The predicted octanol–water partition coefficient (Wildman–Crippen LogP) is 2.22. The normalized spacial score (nSPS) is 15.0. The van der Waals surface area contributed by atoms with Gasteiger partial charge < -0.3 is 18.7 Å². The molecule has 0 N–H and O–H groups in total. The fraction of sp³-hybridized carbons (Fsp3) is 0.111. The Balaban J connectivity index is 0.000000810. The van der Waals surface area contributed by atoms with Crippen LogP contribution in [-0.2, 0) is 32.7 Å². The molecule has 0 aromatic rings. The number of allylic oxidation sites excluding steroid dienone is 7. The van der Waals surface area contributed by atoms with E-state index in [0.29, 0.717) is 0 Å². The molecule has 0 amide bonds. The summed E-state index contributed by atoms with van der Waals surface area (Å²) in [6.07, 6.45) is 13.4. The van der Waals surface area contributed by atoms with Gasteiger partial charge in [-0.15, -0.1) is 6.08 Å². The molecule has 1 radical (unpaired) electrons. The van der Waals surface area contributed by atoms with E-state index in [4.69, 9.17) is 6.58 Å². The van der Waals surface area contributed by atoms with Gasteiger partial charge in [-0.1, -0.05) is 6.08 Å². The van der Waals surface area contributed by atoms with E-state index >= 15 is 0 Å².